The van der Waals surface area contributed by atoms with Crippen LogP contribution in [0.3, 0.4) is 0 Å². The Bertz CT molecular complexity index is 661. The fourth-order valence-corrected chi connectivity index (χ4v) is 3.03. The lowest BCUT2D eigenvalue weighted by molar-refractivity contribution is -0.133. The first kappa shape index (κ1) is 17.8. The highest BCUT2D eigenvalue weighted by Gasteiger charge is 2.40. The lowest BCUT2D eigenvalue weighted by Gasteiger charge is -2.26. The van der Waals surface area contributed by atoms with Gasteiger partial charge in [-0.25, -0.2) is 0 Å². The molecule has 0 aromatic heterocycles. The molecule has 3 rings (SSSR count). The Balaban J connectivity index is 1.83. The standard InChI is InChI=1S/C20H29N3O2/c1-13(2)19(24)21-16-7-10-18(22(3)4)15(11-16)12-23(17-8-9-17)20(25)14-5-6-14/h7,10-11,13-14,17H,5-6,8-9,12H2,1-4H3,(H,21,24). The van der Waals surface area contributed by atoms with Gasteiger partial charge in [-0.05, 0) is 49.4 Å². The first-order valence-corrected chi connectivity index (χ1v) is 9.28. The van der Waals surface area contributed by atoms with Gasteiger partial charge in [0.2, 0.25) is 11.8 Å². The zero-order valence-corrected chi connectivity index (χ0v) is 15.7. The molecule has 5 heteroatoms. The average Bonchev–Trinajstić information content (AvgIpc) is 3.44. The van der Waals surface area contributed by atoms with Gasteiger partial charge >= 0.3 is 0 Å². The maximum absolute atomic E-state index is 12.7. The molecule has 0 bridgehead atoms. The van der Waals surface area contributed by atoms with Gasteiger partial charge in [0.1, 0.15) is 0 Å². The van der Waals surface area contributed by atoms with Crippen LogP contribution < -0.4 is 10.2 Å². The zero-order valence-electron chi connectivity index (χ0n) is 15.7. The molecule has 5 nitrogen and oxygen atoms in total. The summed E-state index contributed by atoms with van der Waals surface area (Å²) in [6.45, 7) is 4.39. The Hall–Kier alpha value is -2.04. The maximum atomic E-state index is 12.7. The number of nitrogens with zero attached hydrogens (tertiary/aromatic N) is 2. The van der Waals surface area contributed by atoms with Crippen molar-refractivity contribution in [1.82, 2.24) is 4.90 Å². The molecule has 136 valence electrons. The monoisotopic (exact) mass is 343 g/mol. The molecule has 1 aromatic carbocycles. The van der Waals surface area contributed by atoms with Gasteiger partial charge in [0.15, 0.2) is 0 Å². The number of hydrogen-bond acceptors (Lipinski definition) is 3. The van der Waals surface area contributed by atoms with E-state index in [0.717, 1.165) is 42.6 Å². The van der Waals surface area contributed by atoms with Crippen LogP contribution in [0, 0.1) is 11.8 Å². The quantitative estimate of drug-likeness (QED) is 0.827. The number of rotatable bonds is 7. The van der Waals surface area contributed by atoms with Crippen LogP contribution in [0.2, 0.25) is 0 Å². The third kappa shape index (κ3) is 4.33. The lowest BCUT2D eigenvalue weighted by Crippen LogP contribution is -2.34. The van der Waals surface area contributed by atoms with E-state index in [9.17, 15) is 9.59 Å². The van der Waals surface area contributed by atoms with Gasteiger partial charge in [-0.1, -0.05) is 13.8 Å². The van der Waals surface area contributed by atoms with Crippen LogP contribution in [0.1, 0.15) is 45.1 Å². The molecule has 0 atom stereocenters. The smallest absolute Gasteiger partial charge is 0.226 e. The number of anilines is 2. The van der Waals surface area contributed by atoms with E-state index in [-0.39, 0.29) is 17.7 Å². The Morgan fingerprint density at radius 1 is 1.16 bits per heavy atom. The van der Waals surface area contributed by atoms with E-state index in [1.807, 2.05) is 46.1 Å². The van der Waals surface area contributed by atoms with Crippen LogP contribution in [0.4, 0.5) is 11.4 Å². The fraction of sp³-hybridized carbons (Fsp3) is 0.600. The normalized spacial score (nSPS) is 16.7. The van der Waals surface area contributed by atoms with Gasteiger partial charge in [0.05, 0.1) is 0 Å². The van der Waals surface area contributed by atoms with Crippen molar-refractivity contribution in [3.63, 3.8) is 0 Å². The van der Waals surface area contributed by atoms with E-state index in [1.54, 1.807) is 0 Å². The van der Waals surface area contributed by atoms with Crippen molar-refractivity contribution in [2.75, 3.05) is 24.3 Å². The van der Waals surface area contributed by atoms with Crippen molar-refractivity contribution < 1.29 is 9.59 Å². The van der Waals surface area contributed by atoms with E-state index in [4.69, 9.17) is 0 Å². The number of benzene rings is 1. The third-order valence-electron chi connectivity index (χ3n) is 4.89. The molecule has 0 saturated heterocycles. The van der Waals surface area contributed by atoms with E-state index in [2.05, 4.69) is 15.1 Å². The lowest BCUT2D eigenvalue weighted by atomic mass is 10.1. The second kappa shape index (κ2) is 7.06. The molecule has 0 radical (unpaired) electrons. The zero-order chi connectivity index (χ0) is 18.1. The van der Waals surface area contributed by atoms with Gasteiger partial charge in [-0.15, -0.1) is 0 Å². The van der Waals surface area contributed by atoms with Crippen molar-refractivity contribution in [2.24, 2.45) is 11.8 Å². The van der Waals surface area contributed by atoms with Gasteiger partial charge in [0, 0.05) is 49.9 Å². The second-order valence-corrected chi connectivity index (χ2v) is 7.85. The number of carbonyl (C=O) groups is 2. The molecule has 0 spiro atoms. The van der Waals surface area contributed by atoms with Crippen LogP contribution in [0.15, 0.2) is 18.2 Å². The number of carbonyl (C=O) groups excluding carboxylic acids is 2. The molecule has 0 aliphatic heterocycles. The summed E-state index contributed by atoms with van der Waals surface area (Å²) in [5, 5.41) is 2.97. The predicted octanol–water partition coefficient (Wildman–Crippen LogP) is 3.25. The van der Waals surface area contributed by atoms with E-state index < -0.39 is 0 Å². The maximum Gasteiger partial charge on any atom is 0.226 e. The SMILES string of the molecule is CC(C)C(=O)Nc1ccc(N(C)C)c(CN(C(=O)C2CC2)C2CC2)c1. The van der Waals surface area contributed by atoms with Crippen molar-refractivity contribution >= 4 is 23.2 Å². The molecular formula is C20H29N3O2. The Morgan fingerprint density at radius 3 is 2.36 bits per heavy atom. The first-order chi connectivity index (χ1) is 11.9. The molecule has 0 unspecified atom stereocenters. The summed E-state index contributed by atoms with van der Waals surface area (Å²) in [6.07, 6.45) is 4.29. The van der Waals surface area contributed by atoms with Gasteiger partial charge in [-0.3, -0.25) is 9.59 Å². The van der Waals surface area contributed by atoms with Crippen LogP contribution in [0.25, 0.3) is 0 Å². The Morgan fingerprint density at radius 2 is 1.84 bits per heavy atom. The molecule has 2 saturated carbocycles. The minimum absolute atomic E-state index is 0.0108. The van der Waals surface area contributed by atoms with Gasteiger partial charge < -0.3 is 15.1 Å². The molecule has 0 heterocycles. The second-order valence-electron chi connectivity index (χ2n) is 7.85. The fourth-order valence-electron chi connectivity index (χ4n) is 3.03. The third-order valence-corrected chi connectivity index (χ3v) is 4.89. The highest BCUT2D eigenvalue weighted by Crippen LogP contribution is 2.38. The predicted molar refractivity (Wildman–Crippen MR) is 101 cm³/mol. The van der Waals surface area contributed by atoms with Crippen LogP contribution in [-0.4, -0.2) is 36.9 Å². The van der Waals surface area contributed by atoms with Crippen molar-refractivity contribution in [3.05, 3.63) is 23.8 Å². The van der Waals surface area contributed by atoms with Crippen molar-refractivity contribution in [2.45, 2.75) is 52.1 Å². The molecular weight excluding hydrogens is 314 g/mol. The van der Waals surface area contributed by atoms with Gasteiger partial charge in [0.25, 0.3) is 0 Å². The van der Waals surface area contributed by atoms with Gasteiger partial charge in [-0.2, -0.15) is 0 Å². The topological polar surface area (TPSA) is 52.7 Å². The first-order valence-electron chi connectivity index (χ1n) is 9.28. The largest absolute Gasteiger partial charge is 0.377 e. The molecule has 1 N–H and O–H groups in total. The molecule has 2 fully saturated rings. The highest BCUT2D eigenvalue weighted by atomic mass is 16.2. The summed E-state index contributed by atoms with van der Waals surface area (Å²) in [4.78, 5) is 28.8. The molecule has 2 aliphatic carbocycles. The van der Waals surface area contributed by atoms with Crippen molar-refractivity contribution in [3.8, 4) is 0 Å². The summed E-state index contributed by atoms with van der Waals surface area (Å²) in [5.41, 5.74) is 2.98. The average molecular weight is 343 g/mol. The molecule has 2 aliphatic rings. The number of amides is 2. The van der Waals surface area contributed by atoms with Crippen LogP contribution in [0.5, 0.6) is 0 Å². The van der Waals surface area contributed by atoms with E-state index in [0.29, 0.717) is 18.5 Å². The molecule has 1 aromatic rings. The minimum Gasteiger partial charge on any atom is -0.377 e. The Kier molecular flexibility index (Phi) is 5.02. The number of nitrogens with one attached hydrogen (secondary N) is 1. The summed E-state index contributed by atoms with van der Waals surface area (Å²) in [6, 6.07) is 6.38. The molecule has 2 amide bonds. The molecule has 25 heavy (non-hydrogen) atoms. The summed E-state index contributed by atoms with van der Waals surface area (Å²) in [5.74, 6) is 0.504. The summed E-state index contributed by atoms with van der Waals surface area (Å²) < 4.78 is 0. The van der Waals surface area contributed by atoms with E-state index >= 15 is 0 Å². The highest BCUT2D eigenvalue weighted by molar-refractivity contribution is 5.92. The van der Waals surface area contributed by atoms with Crippen molar-refractivity contribution in [1.29, 1.82) is 0 Å². The van der Waals surface area contributed by atoms with Crippen LogP contribution in [-0.2, 0) is 16.1 Å². The number of hydrogen-bond donors (Lipinski definition) is 1. The summed E-state index contributed by atoms with van der Waals surface area (Å²) >= 11 is 0. The summed E-state index contributed by atoms with van der Waals surface area (Å²) in [7, 11) is 4.02. The Labute approximate surface area is 150 Å². The van der Waals surface area contributed by atoms with E-state index in [1.165, 1.54) is 0 Å². The van der Waals surface area contributed by atoms with Crippen LogP contribution >= 0.6 is 0 Å². The minimum atomic E-state index is -0.0589.